The largest absolute Gasteiger partial charge is 0.454 e. The Morgan fingerprint density at radius 3 is 2.68 bits per heavy atom. The first-order chi connectivity index (χ1) is 18.1. The zero-order valence-corrected chi connectivity index (χ0v) is 22.2. The topological polar surface area (TPSA) is 64.0 Å². The van der Waals surface area contributed by atoms with E-state index in [-0.39, 0.29) is 18.9 Å². The van der Waals surface area contributed by atoms with Gasteiger partial charge in [0.05, 0.1) is 31.0 Å². The van der Waals surface area contributed by atoms with Crippen LogP contribution < -0.4 is 14.8 Å². The average molecular weight is 520 g/mol. The number of morpholine rings is 1. The van der Waals surface area contributed by atoms with E-state index >= 15 is 0 Å². The van der Waals surface area contributed by atoms with E-state index in [1.165, 1.54) is 11.3 Å². The molecule has 3 aliphatic heterocycles. The van der Waals surface area contributed by atoms with Gasteiger partial charge in [-0.15, -0.1) is 0 Å². The Balaban J connectivity index is 1.33. The number of hydrogen-bond donors (Lipinski definition) is 1. The van der Waals surface area contributed by atoms with Gasteiger partial charge in [-0.1, -0.05) is 6.07 Å². The molecule has 0 unspecified atom stereocenters. The minimum Gasteiger partial charge on any atom is -0.454 e. The van der Waals surface area contributed by atoms with Gasteiger partial charge >= 0.3 is 0 Å². The molecule has 9 heteroatoms. The van der Waals surface area contributed by atoms with Gasteiger partial charge in [-0.2, -0.15) is 0 Å². The van der Waals surface area contributed by atoms with Crippen LogP contribution in [0.2, 0.25) is 0 Å². The molecule has 0 radical (unpaired) electrons. The van der Waals surface area contributed by atoms with Gasteiger partial charge < -0.3 is 29.0 Å². The molecule has 5 heterocycles. The Bertz CT molecular complexity index is 1270. The SMILES string of the molecule is Cc1cc([C@@H]2[C@@H](c3ccccn3)NC(=S)N2CCCN2CCOCC2)c(C)n1-c1ccc2c(c1)OCO2. The third-order valence-electron chi connectivity index (χ3n) is 7.58. The summed E-state index contributed by atoms with van der Waals surface area (Å²) in [5, 5.41) is 4.39. The quantitative estimate of drug-likeness (QED) is 0.472. The highest BCUT2D eigenvalue weighted by Crippen LogP contribution is 2.42. The molecular weight excluding hydrogens is 486 g/mol. The summed E-state index contributed by atoms with van der Waals surface area (Å²) in [5.74, 6) is 1.57. The molecule has 0 bridgehead atoms. The summed E-state index contributed by atoms with van der Waals surface area (Å²) in [5.41, 5.74) is 5.67. The molecule has 2 atom stereocenters. The number of aromatic nitrogens is 2. The fraction of sp³-hybridized carbons (Fsp3) is 0.429. The van der Waals surface area contributed by atoms with E-state index in [4.69, 9.17) is 31.4 Å². The predicted molar refractivity (Wildman–Crippen MR) is 145 cm³/mol. The minimum absolute atomic E-state index is 0.0252. The monoisotopic (exact) mass is 519 g/mol. The summed E-state index contributed by atoms with van der Waals surface area (Å²) in [6, 6.07) is 14.5. The minimum atomic E-state index is -0.0252. The Kier molecular flexibility index (Phi) is 6.75. The molecule has 2 saturated heterocycles. The molecule has 2 fully saturated rings. The molecule has 37 heavy (non-hydrogen) atoms. The first-order valence-corrected chi connectivity index (χ1v) is 13.4. The molecule has 3 aromatic rings. The second-order valence-electron chi connectivity index (χ2n) is 9.83. The summed E-state index contributed by atoms with van der Waals surface area (Å²) in [4.78, 5) is 9.55. The Morgan fingerprint density at radius 1 is 1.03 bits per heavy atom. The van der Waals surface area contributed by atoms with E-state index in [0.29, 0.717) is 0 Å². The number of aryl methyl sites for hydroxylation is 1. The molecule has 1 aromatic carbocycles. The van der Waals surface area contributed by atoms with E-state index in [1.807, 2.05) is 24.4 Å². The van der Waals surface area contributed by atoms with Crippen LogP contribution in [0.25, 0.3) is 5.69 Å². The van der Waals surface area contributed by atoms with Crippen molar-refractivity contribution in [1.82, 2.24) is 24.7 Å². The first-order valence-electron chi connectivity index (χ1n) is 13.0. The van der Waals surface area contributed by atoms with Crippen LogP contribution in [-0.2, 0) is 4.74 Å². The fourth-order valence-corrected chi connectivity index (χ4v) is 6.11. The van der Waals surface area contributed by atoms with Crippen molar-refractivity contribution in [3.05, 3.63) is 71.3 Å². The average Bonchev–Trinajstić information content (AvgIpc) is 3.60. The van der Waals surface area contributed by atoms with Crippen molar-refractivity contribution in [1.29, 1.82) is 0 Å². The molecule has 2 aromatic heterocycles. The lowest BCUT2D eigenvalue weighted by molar-refractivity contribution is 0.0365. The standard InChI is InChI=1S/C28H33N5O3S/c1-19-16-22(20(2)33(19)21-7-8-24-25(17-21)36-18-35-24)27-26(23-6-3-4-9-29-23)30-28(37)32(27)11-5-10-31-12-14-34-15-13-31/h3-4,6-9,16-17,26-27H,5,10-15,18H2,1-2H3,(H,30,37)/t26-,27-/m1/s1. The third kappa shape index (κ3) is 4.67. The van der Waals surface area contributed by atoms with Gasteiger partial charge in [0.15, 0.2) is 16.6 Å². The fourth-order valence-electron chi connectivity index (χ4n) is 5.78. The third-order valence-corrected chi connectivity index (χ3v) is 7.93. The van der Waals surface area contributed by atoms with E-state index in [1.54, 1.807) is 0 Å². The Morgan fingerprint density at radius 2 is 1.86 bits per heavy atom. The van der Waals surface area contributed by atoms with Gasteiger partial charge in [-0.25, -0.2) is 0 Å². The molecular formula is C28H33N5O3S. The van der Waals surface area contributed by atoms with E-state index in [9.17, 15) is 0 Å². The second-order valence-corrected chi connectivity index (χ2v) is 10.2. The summed E-state index contributed by atoms with van der Waals surface area (Å²) in [6.07, 6.45) is 2.89. The van der Waals surface area contributed by atoms with Gasteiger partial charge in [0.2, 0.25) is 6.79 Å². The lowest BCUT2D eigenvalue weighted by Crippen LogP contribution is -2.39. The van der Waals surface area contributed by atoms with Crippen molar-refractivity contribution in [2.45, 2.75) is 32.4 Å². The number of nitrogens with one attached hydrogen (secondary N) is 1. The number of hydrogen-bond acceptors (Lipinski definition) is 6. The summed E-state index contributed by atoms with van der Waals surface area (Å²) in [7, 11) is 0. The van der Waals surface area contributed by atoms with Crippen LogP contribution >= 0.6 is 12.2 Å². The van der Waals surface area contributed by atoms with E-state index in [2.05, 4.69) is 57.8 Å². The highest BCUT2D eigenvalue weighted by molar-refractivity contribution is 7.80. The van der Waals surface area contributed by atoms with Crippen LogP contribution in [0.15, 0.2) is 48.7 Å². The van der Waals surface area contributed by atoms with Crippen molar-refractivity contribution in [3.8, 4) is 17.2 Å². The molecule has 0 amide bonds. The molecule has 1 N–H and O–H groups in total. The second kappa shape index (κ2) is 10.3. The van der Waals surface area contributed by atoms with E-state index < -0.39 is 0 Å². The number of pyridine rings is 1. The molecule has 194 valence electrons. The smallest absolute Gasteiger partial charge is 0.231 e. The summed E-state index contributed by atoms with van der Waals surface area (Å²) in [6.45, 7) is 10.2. The van der Waals surface area contributed by atoms with Gasteiger partial charge in [0, 0.05) is 55.5 Å². The maximum absolute atomic E-state index is 5.91. The lowest BCUT2D eigenvalue weighted by atomic mass is 9.96. The van der Waals surface area contributed by atoms with Crippen molar-refractivity contribution in [3.63, 3.8) is 0 Å². The number of benzene rings is 1. The van der Waals surface area contributed by atoms with Gasteiger partial charge in [-0.05, 0) is 68.4 Å². The Labute approximate surface area is 223 Å². The maximum atomic E-state index is 5.91. The van der Waals surface area contributed by atoms with Gasteiger partial charge in [0.1, 0.15) is 0 Å². The normalized spacial score (nSPS) is 21.5. The van der Waals surface area contributed by atoms with Gasteiger partial charge in [-0.3, -0.25) is 9.88 Å². The van der Waals surface area contributed by atoms with Crippen LogP contribution in [0.3, 0.4) is 0 Å². The predicted octanol–water partition coefficient (Wildman–Crippen LogP) is 3.91. The number of ether oxygens (including phenoxy) is 3. The zero-order chi connectivity index (χ0) is 25.4. The number of nitrogens with zero attached hydrogens (tertiary/aromatic N) is 4. The van der Waals surface area contributed by atoms with Crippen LogP contribution in [0, 0.1) is 13.8 Å². The zero-order valence-electron chi connectivity index (χ0n) is 21.4. The molecule has 0 spiro atoms. The lowest BCUT2D eigenvalue weighted by Gasteiger charge is -2.30. The highest BCUT2D eigenvalue weighted by Gasteiger charge is 2.41. The number of thiocarbonyl (C=S) groups is 1. The summed E-state index contributed by atoms with van der Waals surface area (Å²) >= 11 is 5.91. The Hall–Kier alpha value is -3.14. The molecule has 6 rings (SSSR count). The van der Waals surface area contributed by atoms with Crippen molar-refractivity contribution < 1.29 is 14.2 Å². The molecule has 3 aliphatic rings. The van der Waals surface area contributed by atoms with Crippen molar-refractivity contribution >= 4 is 17.3 Å². The van der Waals surface area contributed by atoms with Crippen LogP contribution in [0.1, 0.15) is 41.1 Å². The number of rotatable bonds is 7. The number of fused-ring (bicyclic) bond motifs is 1. The molecule has 0 saturated carbocycles. The van der Waals surface area contributed by atoms with Crippen LogP contribution in [0.4, 0.5) is 0 Å². The summed E-state index contributed by atoms with van der Waals surface area (Å²) < 4.78 is 19.0. The maximum Gasteiger partial charge on any atom is 0.231 e. The van der Waals surface area contributed by atoms with Crippen molar-refractivity contribution in [2.24, 2.45) is 0 Å². The molecule has 0 aliphatic carbocycles. The van der Waals surface area contributed by atoms with Crippen molar-refractivity contribution in [2.75, 3.05) is 46.2 Å². The molecule has 8 nitrogen and oxygen atoms in total. The van der Waals surface area contributed by atoms with Crippen LogP contribution in [0.5, 0.6) is 11.5 Å². The van der Waals surface area contributed by atoms with Crippen LogP contribution in [-0.4, -0.2) is 70.6 Å². The first kappa shape index (κ1) is 24.2. The van der Waals surface area contributed by atoms with E-state index in [0.717, 1.165) is 79.5 Å². The van der Waals surface area contributed by atoms with Gasteiger partial charge in [0.25, 0.3) is 0 Å². The highest BCUT2D eigenvalue weighted by atomic mass is 32.1.